The van der Waals surface area contributed by atoms with Crippen LogP contribution in [0.3, 0.4) is 0 Å². The smallest absolute Gasteiger partial charge is 0.342 e. The Labute approximate surface area is 190 Å². The summed E-state index contributed by atoms with van der Waals surface area (Å²) in [7, 11) is -2.15. The summed E-state index contributed by atoms with van der Waals surface area (Å²) in [6, 6.07) is 17.8. The highest BCUT2D eigenvalue weighted by atomic mass is 28.4. The van der Waals surface area contributed by atoms with Gasteiger partial charge in [-0.2, -0.15) is 0 Å². The zero-order chi connectivity index (χ0) is 23.1. The van der Waals surface area contributed by atoms with Crippen LogP contribution in [0.1, 0.15) is 42.3 Å². The van der Waals surface area contributed by atoms with E-state index < -0.39 is 14.3 Å². The molecule has 0 N–H and O–H groups in total. The van der Waals surface area contributed by atoms with E-state index in [-0.39, 0.29) is 11.6 Å². The van der Waals surface area contributed by atoms with Gasteiger partial charge in [0.15, 0.2) is 11.3 Å². The third-order valence-electron chi connectivity index (χ3n) is 6.54. The fourth-order valence-electron chi connectivity index (χ4n) is 3.62. The van der Waals surface area contributed by atoms with Gasteiger partial charge in [0.05, 0.1) is 0 Å². The van der Waals surface area contributed by atoms with Crippen LogP contribution < -0.4 is 4.43 Å². The molecule has 4 nitrogen and oxygen atoms in total. The Hall–Kier alpha value is -3.05. The number of rotatable bonds is 5. The SMILES string of the molecule is Cc1c2ccccc2c(O[Si](C)(C)C(C)(C)C)c2occ(C(=O)OCc3ccccc3)c12. The van der Waals surface area contributed by atoms with Gasteiger partial charge in [0.25, 0.3) is 8.32 Å². The van der Waals surface area contributed by atoms with E-state index >= 15 is 0 Å². The van der Waals surface area contributed by atoms with Gasteiger partial charge in [0, 0.05) is 10.8 Å². The molecule has 32 heavy (non-hydrogen) atoms. The molecule has 0 saturated heterocycles. The summed E-state index contributed by atoms with van der Waals surface area (Å²) in [6.07, 6.45) is 1.50. The monoisotopic (exact) mass is 446 g/mol. The molecular formula is C27H30O4Si. The minimum atomic E-state index is -2.15. The molecule has 0 radical (unpaired) electrons. The zero-order valence-corrected chi connectivity index (χ0v) is 20.6. The minimum Gasteiger partial charge on any atom is -0.541 e. The van der Waals surface area contributed by atoms with Crippen LogP contribution in [0.2, 0.25) is 18.1 Å². The molecule has 0 atom stereocenters. The van der Waals surface area contributed by atoms with Crippen molar-refractivity contribution in [2.45, 2.75) is 52.4 Å². The Bertz CT molecular complexity index is 1280. The molecule has 0 saturated carbocycles. The average Bonchev–Trinajstić information content (AvgIpc) is 3.20. The van der Waals surface area contributed by atoms with Crippen LogP contribution in [0.15, 0.2) is 65.3 Å². The number of hydrogen-bond acceptors (Lipinski definition) is 4. The quantitative estimate of drug-likeness (QED) is 0.233. The van der Waals surface area contributed by atoms with E-state index in [1.807, 2.05) is 49.4 Å². The highest BCUT2D eigenvalue weighted by molar-refractivity contribution is 6.75. The standard InChI is InChI=1S/C27H30O4Si/c1-18-20-14-10-11-15-21(20)24(31-32(5,6)27(2,3)4)25-23(18)22(17-29-25)26(28)30-16-19-12-8-7-9-13-19/h7-15,17H,16H2,1-6H3. The van der Waals surface area contributed by atoms with Crippen molar-refractivity contribution in [1.82, 2.24) is 0 Å². The molecule has 0 unspecified atom stereocenters. The predicted octanol–water partition coefficient (Wildman–Crippen LogP) is 7.64. The molecule has 1 aromatic heterocycles. The third kappa shape index (κ3) is 3.93. The fourth-order valence-corrected chi connectivity index (χ4v) is 4.64. The van der Waals surface area contributed by atoms with Crippen molar-refractivity contribution in [2.24, 2.45) is 0 Å². The maximum atomic E-state index is 13.0. The van der Waals surface area contributed by atoms with Gasteiger partial charge >= 0.3 is 5.97 Å². The summed E-state index contributed by atoms with van der Waals surface area (Å²) >= 11 is 0. The normalized spacial score (nSPS) is 12.3. The summed E-state index contributed by atoms with van der Waals surface area (Å²) in [5, 5.41) is 2.83. The van der Waals surface area contributed by atoms with Gasteiger partial charge in [-0.3, -0.25) is 0 Å². The largest absolute Gasteiger partial charge is 0.541 e. The number of carbonyl (C=O) groups excluding carboxylic acids is 1. The van der Waals surface area contributed by atoms with Gasteiger partial charge in [0.2, 0.25) is 0 Å². The molecule has 0 aliphatic carbocycles. The summed E-state index contributed by atoms with van der Waals surface area (Å²) in [4.78, 5) is 13.0. The van der Waals surface area contributed by atoms with Crippen LogP contribution in [-0.2, 0) is 11.3 Å². The number of aryl methyl sites for hydroxylation is 1. The van der Waals surface area contributed by atoms with Crippen LogP contribution in [0.4, 0.5) is 0 Å². The molecule has 166 valence electrons. The lowest BCUT2D eigenvalue weighted by molar-refractivity contribution is 0.0474. The third-order valence-corrected chi connectivity index (χ3v) is 10.9. The number of hydrogen-bond donors (Lipinski definition) is 0. The second-order valence-corrected chi connectivity index (χ2v) is 14.5. The van der Waals surface area contributed by atoms with Crippen molar-refractivity contribution in [1.29, 1.82) is 0 Å². The molecule has 0 spiro atoms. The molecule has 5 heteroatoms. The molecule has 0 aliphatic heterocycles. The van der Waals surface area contributed by atoms with Crippen LogP contribution in [0.5, 0.6) is 5.75 Å². The number of esters is 1. The molecule has 0 aliphatic rings. The summed E-state index contributed by atoms with van der Waals surface area (Å²) in [5.41, 5.74) is 2.97. The lowest BCUT2D eigenvalue weighted by Crippen LogP contribution is -2.43. The second-order valence-electron chi connectivity index (χ2n) is 9.78. The van der Waals surface area contributed by atoms with E-state index in [2.05, 4.69) is 46.0 Å². The Morgan fingerprint density at radius 3 is 2.25 bits per heavy atom. The Morgan fingerprint density at radius 1 is 0.969 bits per heavy atom. The average molecular weight is 447 g/mol. The molecule has 0 fully saturated rings. The van der Waals surface area contributed by atoms with Crippen molar-refractivity contribution in [3.05, 3.63) is 77.6 Å². The van der Waals surface area contributed by atoms with Crippen molar-refractivity contribution >= 4 is 36.0 Å². The van der Waals surface area contributed by atoms with Gasteiger partial charge in [-0.25, -0.2) is 4.79 Å². The number of furan rings is 1. The first-order valence-corrected chi connectivity index (χ1v) is 13.8. The summed E-state index contributed by atoms with van der Waals surface area (Å²) < 4.78 is 18.4. The Balaban J connectivity index is 1.83. The molecule has 4 rings (SSSR count). The van der Waals surface area contributed by atoms with Crippen LogP contribution in [-0.4, -0.2) is 14.3 Å². The molecular weight excluding hydrogens is 416 g/mol. The highest BCUT2D eigenvalue weighted by Gasteiger charge is 2.40. The van der Waals surface area contributed by atoms with Gasteiger partial charge in [0.1, 0.15) is 18.4 Å². The number of fused-ring (bicyclic) bond motifs is 2. The van der Waals surface area contributed by atoms with Gasteiger partial charge in [-0.15, -0.1) is 0 Å². The van der Waals surface area contributed by atoms with Crippen molar-refractivity contribution in [3.63, 3.8) is 0 Å². The molecule has 4 aromatic rings. The molecule has 0 bridgehead atoms. The predicted molar refractivity (Wildman–Crippen MR) is 132 cm³/mol. The topological polar surface area (TPSA) is 48.7 Å². The van der Waals surface area contributed by atoms with Gasteiger partial charge in [-0.1, -0.05) is 75.4 Å². The van der Waals surface area contributed by atoms with Crippen LogP contribution in [0, 0.1) is 6.92 Å². The summed E-state index contributed by atoms with van der Waals surface area (Å²) in [6.45, 7) is 13.3. The maximum Gasteiger partial charge on any atom is 0.342 e. The first kappa shape index (κ1) is 22.2. The number of carbonyl (C=O) groups is 1. The lowest BCUT2D eigenvalue weighted by Gasteiger charge is -2.36. The molecule has 0 amide bonds. The van der Waals surface area contributed by atoms with E-state index in [4.69, 9.17) is 13.6 Å². The molecule has 1 heterocycles. The zero-order valence-electron chi connectivity index (χ0n) is 19.6. The van der Waals surface area contributed by atoms with Gasteiger partial charge in [-0.05, 0) is 41.6 Å². The molecule has 3 aromatic carbocycles. The van der Waals surface area contributed by atoms with Crippen molar-refractivity contribution in [3.8, 4) is 5.75 Å². The van der Waals surface area contributed by atoms with E-state index in [9.17, 15) is 4.79 Å². The first-order chi connectivity index (χ1) is 15.1. The highest BCUT2D eigenvalue weighted by Crippen LogP contribution is 2.45. The Morgan fingerprint density at radius 2 is 1.59 bits per heavy atom. The maximum absolute atomic E-state index is 13.0. The van der Waals surface area contributed by atoms with E-state index in [1.165, 1.54) is 6.26 Å². The Kier molecular flexibility index (Phi) is 5.63. The van der Waals surface area contributed by atoms with Gasteiger partial charge < -0.3 is 13.6 Å². The van der Waals surface area contributed by atoms with Crippen molar-refractivity contribution < 1.29 is 18.4 Å². The van der Waals surface area contributed by atoms with Crippen LogP contribution in [0.25, 0.3) is 21.7 Å². The first-order valence-electron chi connectivity index (χ1n) is 10.9. The number of ether oxygens (including phenoxy) is 1. The van der Waals surface area contributed by atoms with Crippen molar-refractivity contribution in [2.75, 3.05) is 0 Å². The van der Waals surface area contributed by atoms with Crippen LogP contribution >= 0.6 is 0 Å². The second kappa shape index (κ2) is 8.13. The fraction of sp³-hybridized carbons (Fsp3) is 0.296. The van der Waals surface area contributed by atoms with E-state index in [0.717, 1.165) is 33.0 Å². The minimum absolute atomic E-state index is 0.0232. The van der Waals surface area contributed by atoms with E-state index in [0.29, 0.717) is 11.1 Å². The number of benzene rings is 3. The summed E-state index contributed by atoms with van der Waals surface area (Å²) in [5.74, 6) is 0.319. The lowest BCUT2D eigenvalue weighted by atomic mass is 9.98. The van der Waals surface area contributed by atoms with E-state index in [1.54, 1.807) is 0 Å².